The van der Waals surface area contributed by atoms with Crippen molar-refractivity contribution >= 4 is 22.1 Å². The molecule has 1 aromatic heterocycles. The minimum atomic E-state index is -4.03. The number of nitrogens with zero attached hydrogens (tertiary/aromatic N) is 1. The van der Waals surface area contributed by atoms with Gasteiger partial charge in [-0.2, -0.15) is 13.5 Å². The summed E-state index contributed by atoms with van der Waals surface area (Å²) >= 11 is 0. The van der Waals surface area contributed by atoms with Crippen molar-refractivity contribution in [2.75, 3.05) is 4.72 Å². The minimum absolute atomic E-state index is 0.224. The Bertz CT molecular complexity index is 508. The highest BCUT2D eigenvalue weighted by Gasteiger charge is 2.18. The molecule has 0 saturated carbocycles. The smallest absolute Gasteiger partial charge is 0.422 e. The third-order valence-electron chi connectivity index (χ3n) is 1.90. The number of hydrogen-bond donors (Lipinski definition) is 3. The van der Waals surface area contributed by atoms with Crippen molar-refractivity contribution in [1.82, 2.24) is 14.9 Å². The summed E-state index contributed by atoms with van der Waals surface area (Å²) in [5, 5.41) is 6.20. The number of aryl methyl sites for hydroxylation is 1. The van der Waals surface area contributed by atoms with E-state index in [1.807, 2.05) is 6.92 Å². The summed E-state index contributed by atoms with van der Waals surface area (Å²) in [6, 6.07) is 0. The Hall–Kier alpha value is -1.77. The third kappa shape index (κ3) is 4.24. The van der Waals surface area contributed by atoms with Gasteiger partial charge in [0, 0.05) is 5.56 Å². The number of carbonyl (C=O) groups excluding carboxylic acids is 1. The van der Waals surface area contributed by atoms with E-state index in [0.29, 0.717) is 12.0 Å². The number of carbonyl (C=O) groups is 1. The molecule has 0 aliphatic rings. The molecule has 9 heteroatoms. The summed E-state index contributed by atoms with van der Waals surface area (Å²) in [7, 11) is -4.03. The molecule has 0 unspecified atom stereocenters. The molecule has 0 bridgehead atoms. The highest BCUT2D eigenvalue weighted by Crippen LogP contribution is 2.12. The van der Waals surface area contributed by atoms with Crippen molar-refractivity contribution in [3.8, 4) is 0 Å². The number of amides is 1. The molecule has 3 N–H and O–H groups in total. The predicted molar refractivity (Wildman–Crippen MR) is 65.3 cm³/mol. The summed E-state index contributed by atoms with van der Waals surface area (Å²) in [6.07, 6.45) is 0.670. The molecule has 0 atom stereocenters. The molecule has 1 aromatic rings. The summed E-state index contributed by atoms with van der Waals surface area (Å²) < 4.78 is 31.7. The Balaban J connectivity index is 2.68. The van der Waals surface area contributed by atoms with Crippen LogP contribution in [-0.2, 0) is 21.4 Å². The monoisotopic (exact) mass is 276 g/mol. The van der Waals surface area contributed by atoms with Crippen LogP contribution in [0.1, 0.15) is 26.3 Å². The van der Waals surface area contributed by atoms with Crippen LogP contribution in [0.2, 0.25) is 0 Å². The van der Waals surface area contributed by atoms with E-state index >= 15 is 0 Å². The minimum Gasteiger partial charge on any atom is -0.446 e. The number of anilines is 1. The van der Waals surface area contributed by atoms with Crippen LogP contribution in [0.15, 0.2) is 6.20 Å². The molecule has 1 heterocycles. The molecule has 1 rings (SSSR count). The van der Waals surface area contributed by atoms with Gasteiger partial charge < -0.3 is 4.74 Å². The van der Waals surface area contributed by atoms with Crippen LogP contribution in [0.3, 0.4) is 0 Å². The Morgan fingerprint density at radius 3 is 2.78 bits per heavy atom. The van der Waals surface area contributed by atoms with Crippen LogP contribution in [0.4, 0.5) is 10.6 Å². The van der Waals surface area contributed by atoms with Gasteiger partial charge >= 0.3 is 16.3 Å². The van der Waals surface area contributed by atoms with Gasteiger partial charge in [-0.15, -0.1) is 0 Å². The maximum Gasteiger partial charge on any atom is 0.422 e. The van der Waals surface area contributed by atoms with Crippen molar-refractivity contribution in [3.05, 3.63) is 11.8 Å². The fourth-order valence-corrected chi connectivity index (χ4v) is 1.94. The van der Waals surface area contributed by atoms with Crippen molar-refractivity contribution in [1.29, 1.82) is 0 Å². The lowest BCUT2D eigenvalue weighted by molar-refractivity contribution is 0.121. The summed E-state index contributed by atoms with van der Waals surface area (Å²) in [5.41, 5.74) is 0.692. The maximum absolute atomic E-state index is 11.6. The van der Waals surface area contributed by atoms with Gasteiger partial charge in [-0.1, -0.05) is 6.92 Å². The fraction of sp³-hybridized carbons (Fsp3) is 0.556. The van der Waals surface area contributed by atoms with Gasteiger partial charge in [0.1, 0.15) is 5.82 Å². The van der Waals surface area contributed by atoms with Crippen LogP contribution in [0.5, 0.6) is 0 Å². The van der Waals surface area contributed by atoms with E-state index < -0.39 is 22.4 Å². The Kier molecular flexibility index (Phi) is 4.54. The average molecular weight is 276 g/mol. The first-order valence-electron chi connectivity index (χ1n) is 5.37. The maximum atomic E-state index is 11.6. The molecule has 0 spiro atoms. The first kappa shape index (κ1) is 14.3. The first-order valence-corrected chi connectivity index (χ1v) is 6.85. The van der Waals surface area contributed by atoms with E-state index in [4.69, 9.17) is 0 Å². The number of nitrogens with one attached hydrogen (secondary N) is 3. The Morgan fingerprint density at radius 1 is 1.56 bits per heavy atom. The van der Waals surface area contributed by atoms with Crippen molar-refractivity contribution in [3.63, 3.8) is 0 Å². The van der Waals surface area contributed by atoms with Crippen molar-refractivity contribution < 1.29 is 17.9 Å². The largest absolute Gasteiger partial charge is 0.446 e. The molecule has 0 radical (unpaired) electrons. The lowest BCUT2D eigenvalue weighted by atomic mass is 10.3. The molecular formula is C9H16N4O4S. The Morgan fingerprint density at radius 2 is 2.22 bits per heavy atom. The standard InChI is InChI=1S/C9H16N4O4S/c1-4-7-5-10-11-8(7)12-18(15,16)13-9(14)17-6(2)3/h5-6H,4H2,1-3H3,(H,13,14)(H2,10,11,12). The van der Waals surface area contributed by atoms with E-state index in [-0.39, 0.29) is 5.82 Å². The molecule has 102 valence electrons. The summed E-state index contributed by atoms with van der Waals surface area (Å²) in [5.74, 6) is 0.224. The summed E-state index contributed by atoms with van der Waals surface area (Å²) in [4.78, 5) is 11.2. The van der Waals surface area contributed by atoms with E-state index in [1.165, 1.54) is 6.20 Å². The first-order chi connectivity index (χ1) is 8.34. The highest BCUT2D eigenvalue weighted by molar-refractivity contribution is 7.91. The zero-order chi connectivity index (χ0) is 13.8. The van der Waals surface area contributed by atoms with Crippen LogP contribution in [-0.4, -0.2) is 30.8 Å². The predicted octanol–water partition coefficient (Wildman–Crippen LogP) is 0.763. The van der Waals surface area contributed by atoms with Gasteiger partial charge in [0.2, 0.25) is 0 Å². The molecule has 0 aromatic carbocycles. The van der Waals surface area contributed by atoms with E-state index in [9.17, 15) is 13.2 Å². The zero-order valence-corrected chi connectivity index (χ0v) is 11.2. The number of aromatic amines is 1. The van der Waals surface area contributed by atoms with Gasteiger partial charge in [-0.3, -0.25) is 9.82 Å². The SMILES string of the molecule is CCc1cn[nH]c1NS(=O)(=O)NC(=O)OC(C)C. The third-order valence-corrected chi connectivity index (χ3v) is 2.80. The zero-order valence-electron chi connectivity index (χ0n) is 10.4. The lowest BCUT2D eigenvalue weighted by Gasteiger charge is -2.11. The lowest BCUT2D eigenvalue weighted by Crippen LogP contribution is -2.37. The topological polar surface area (TPSA) is 113 Å². The summed E-state index contributed by atoms with van der Waals surface area (Å²) in [6.45, 7) is 5.08. The van der Waals surface area contributed by atoms with Gasteiger partial charge in [0.25, 0.3) is 0 Å². The Labute approximate surface area is 105 Å². The number of ether oxygens (including phenoxy) is 1. The second kappa shape index (κ2) is 5.71. The molecule has 0 aliphatic carbocycles. The molecule has 0 fully saturated rings. The van der Waals surface area contributed by atoms with Crippen LogP contribution in [0.25, 0.3) is 0 Å². The van der Waals surface area contributed by atoms with Crippen LogP contribution < -0.4 is 9.44 Å². The van der Waals surface area contributed by atoms with Gasteiger partial charge in [0.05, 0.1) is 12.3 Å². The number of rotatable bonds is 5. The normalized spacial score (nSPS) is 11.3. The fourth-order valence-electron chi connectivity index (χ4n) is 1.18. The van der Waals surface area contributed by atoms with E-state index in [1.54, 1.807) is 18.6 Å². The van der Waals surface area contributed by atoms with E-state index in [2.05, 4.69) is 19.7 Å². The van der Waals surface area contributed by atoms with Gasteiger partial charge in [0.15, 0.2) is 0 Å². The molecule has 18 heavy (non-hydrogen) atoms. The second-order valence-electron chi connectivity index (χ2n) is 3.79. The molecule has 0 aliphatic heterocycles. The molecule has 1 amide bonds. The highest BCUT2D eigenvalue weighted by atomic mass is 32.2. The number of aromatic nitrogens is 2. The molecular weight excluding hydrogens is 260 g/mol. The van der Waals surface area contributed by atoms with E-state index in [0.717, 1.165) is 0 Å². The number of H-pyrrole nitrogens is 1. The van der Waals surface area contributed by atoms with Crippen LogP contribution >= 0.6 is 0 Å². The van der Waals surface area contributed by atoms with Crippen molar-refractivity contribution in [2.45, 2.75) is 33.3 Å². The number of hydrogen-bond acceptors (Lipinski definition) is 5. The molecule has 8 nitrogen and oxygen atoms in total. The van der Waals surface area contributed by atoms with Gasteiger partial charge in [-0.05, 0) is 20.3 Å². The second-order valence-corrected chi connectivity index (χ2v) is 5.20. The van der Waals surface area contributed by atoms with Crippen LogP contribution in [0, 0.1) is 0 Å². The quantitative estimate of drug-likeness (QED) is 0.735. The van der Waals surface area contributed by atoms with Crippen molar-refractivity contribution in [2.24, 2.45) is 0 Å². The van der Waals surface area contributed by atoms with Gasteiger partial charge in [-0.25, -0.2) is 9.52 Å². The molecule has 0 saturated heterocycles. The average Bonchev–Trinajstić information content (AvgIpc) is 2.61.